The molecule has 1 nitrogen and oxygen atoms in total. The summed E-state index contributed by atoms with van der Waals surface area (Å²) in [6.07, 6.45) is 7.50. The van der Waals surface area contributed by atoms with E-state index in [4.69, 9.17) is 0 Å². The average molecular weight is 279 g/mol. The Labute approximate surface area is 122 Å². The van der Waals surface area contributed by atoms with Crippen LogP contribution in [0.2, 0.25) is 0 Å². The lowest BCUT2D eigenvalue weighted by Crippen LogP contribution is -2.16. The first-order valence-electron chi connectivity index (χ1n) is 7.56. The maximum Gasteiger partial charge on any atom is 0.0896 e. The zero-order valence-corrected chi connectivity index (χ0v) is 14.2. The molecule has 0 saturated heterocycles. The SMILES string of the molecule is Cc1ncc(CC(C)(C)CC2CC2CC(C)(C)C)s1. The molecule has 1 aromatic rings. The van der Waals surface area contributed by atoms with E-state index in [2.05, 4.69) is 52.7 Å². The van der Waals surface area contributed by atoms with E-state index in [1.54, 1.807) is 0 Å². The molecule has 2 atom stereocenters. The van der Waals surface area contributed by atoms with Crippen LogP contribution in [0.1, 0.15) is 63.8 Å². The fourth-order valence-corrected chi connectivity index (χ4v) is 4.39. The zero-order chi connectivity index (χ0) is 14.3. The van der Waals surface area contributed by atoms with E-state index in [0.717, 1.165) is 11.8 Å². The predicted octanol–water partition coefficient (Wildman–Crippen LogP) is 5.48. The van der Waals surface area contributed by atoms with Crippen molar-refractivity contribution in [3.8, 4) is 0 Å². The van der Waals surface area contributed by atoms with E-state index in [1.807, 2.05) is 11.3 Å². The van der Waals surface area contributed by atoms with Crippen LogP contribution in [0.4, 0.5) is 0 Å². The van der Waals surface area contributed by atoms with Crippen molar-refractivity contribution in [2.24, 2.45) is 22.7 Å². The van der Waals surface area contributed by atoms with Crippen LogP contribution in [0.25, 0.3) is 0 Å². The van der Waals surface area contributed by atoms with Crippen molar-refractivity contribution in [3.63, 3.8) is 0 Å². The monoisotopic (exact) mass is 279 g/mol. The molecule has 2 unspecified atom stereocenters. The molecule has 1 aliphatic carbocycles. The van der Waals surface area contributed by atoms with E-state index in [-0.39, 0.29) is 0 Å². The van der Waals surface area contributed by atoms with Gasteiger partial charge in [0.1, 0.15) is 0 Å². The van der Waals surface area contributed by atoms with Crippen molar-refractivity contribution >= 4 is 11.3 Å². The normalized spacial score (nSPS) is 23.7. The van der Waals surface area contributed by atoms with Gasteiger partial charge >= 0.3 is 0 Å². The van der Waals surface area contributed by atoms with Crippen molar-refractivity contribution < 1.29 is 0 Å². The van der Waals surface area contributed by atoms with Crippen LogP contribution in [0.15, 0.2) is 6.20 Å². The topological polar surface area (TPSA) is 12.9 Å². The van der Waals surface area contributed by atoms with Crippen molar-refractivity contribution in [1.29, 1.82) is 0 Å². The fourth-order valence-electron chi connectivity index (χ4n) is 3.34. The van der Waals surface area contributed by atoms with Gasteiger partial charge in [-0.15, -0.1) is 11.3 Å². The molecule has 1 aromatic heterocycles. The molecular formula is C17H29NS. The third kappa shape index (κ3) is 4.91. The third-order valence-corrected chi connectivity index (χ3v) is 4.99. The second-order valence-electron chi connectivity index (χ2n) is 8.41. The summed E-state index contributed by atoms with van der Waals surface area (Å²) in [5.74, 6) is 1.96. The van der Waals surface area contributed by atoms with Gasteiger partial charge in [0, 0.05) is 11.1 Å². The molecule has 19 heavy (non-hydrogen) atoms. The first-order valence-corrected chi connectivity index (χ1v) is 8.38. The van der Waals surface area contributed by atoms with Gasteiger partial charge in [0.05, 0.1) is 5.01 Å². The van der Waals surface area contributed by atoms with Crippen LogP contribution in [-0.2, 0) is 6.42 Å². The molecule has 108 valence electrons. The Morgan fingerprint density at radius 3 is 2.32 bits per heavy atom. The first kappa shape index (κ1) is 15.0. The Morgan fingerprint density at radius 1 is 1.16 bits per heavy atom. The van der Waals surface area contributed by atoms with Crippen LogP contribution in [0.5, 0.6) is 0 Å². The summed E-state index contributed by atoms with van der Waals surface area (Å²) in [5.41, 5.74) is 0.925. The summed E-state index contributed by atoms with van der Waals surface area (Å²) >= 11 is 1.86. The molecular weight excluding hydrogens is 250 g/mol. The van der Waals surface area contributed by atoms with Gasteiger partial charge in [0.2, 0.25) is 0 Å². The molecule has 2 rings (SSSR count). The summed E-state index contributed by atoms with van der Waals surface area (Å²) < 4.78 is 0. The lowest BCUT2D eigenvalue weighted by Gasteiger charge is -2.25. The highest BCUT2D eigenvalue weighted by atomic mass is 32.1. The minimum atomic E-state index is 0.427. The van der Waals surface area contributed by atoms with Gasteiger partial charge in [-0.2, -0.15) is 0 Å². The van der Waals surface area contributed by atoms with Crippen LogP contribution in [0, 0.1) is 29.6 Å². The van der Waals surface area contributed by atoms with E-state index in [1.165, 1.54) is 35.6 Å². The number of hydrogen-bond acceptors (Lipinski definition) is 2. The summed E-state index contributed by atoms with van der Waals surface area (Å²) in [6.45, 7) is 14.1. The van der Waals surface area contributed by atoms with Gasteiger partial charge in [-0.1, -0.05) is 34.6 Å². The Bertz CT molecular complexity index is 425. The number of nitrogens with zero attached hydrogens (tertiary/aromatic N) is 1. The Kier molecular flexibility index (Phi) is 4.11. The number of aromatic nitrogens is 1. The Morgan fingerprint density at radius 2 is 1.79 bits per heavy atom. The largest absolute Gasteiger partial charge is 0.250 e. The van der Waals surface area contributed by atoms with Gasteiger partial charge in [-0.25, -0.2) is 4.98 Å². The average Bonchev–Trinajstić information content (AvgIpc) is 2.72. The molecule has 1 heterocycles. The zero-order valence-electron chi connectivity index (χ0n) is 13.4. The summed E-state index contributed by atoms with van der Waals surface area (Å²) in [6, 6.07) is 0. The number of rotatable bonds is 5. The maximum atomic E-state index is 4.38. The molecule has 0 amide bonds. The molecule has 0 aromatic carbocycles. The quantitative estimate of drug-likeness (QED) is 0.695. The van der Waals surface area contributed by atoms with E-state index in [9.17, 15) is 0 Å². The van der Waals surface area contributed by atoms with Crippen LogP contribution in [-0.4, -0.2) is 4.98 Å². The standard InChI is InChI=1S/C17H29NS/c1-12-18-11-15(19-12)10-17(5,6)9-14-7-13(14)8-16(2,3)4/h11,13-14H,7-10H2,1-6H3. The molecule has 0 bridgehead atoms. The highest BCUT2D eigenvalue weighted by Crippen LogP contribution is 2.51. The highest BCUT2D eigenvalue weighted by molar-refractivity contribution is 7.11. The van der Waals surface area contributed by atoms with Gasteiger partial charge < -0.3 is 0 Å². The minimum Gasteiger partial charge on any atom is -0.250 e. The van der Waals surface area contributed by atoms with Crippen molar-refractivity contribution in [2.75, 3.05) is 0 Å². The summed E-state index contributed by atoms with van der Waals surface area (Å²) in [7, 11) is 0. The Balaban J connectivity index is 1.82. The molecule has 0 spiro atoms. The predicted molar refractivity (Wildman–Crippen MR) is 84.6 cm³/mol. The molecule has 1 fully saturated rings. The maximum absolute atomic E-state index is 4.38. The van der Waals surface area contributed by atoms with Crippen molar-refractivity contribution in [2.45, 2.75) is 67.2 Å². The van der Waals surface area contributed by atoms with E-state index in [0.29, 0.717) is 10.8 Å². The number of thiazole rings is 1. The third-order valence-electron chi connectivity index (χ3n) is 4.08. The molecule has 0 radical (unpaired) electrons. The smallest absolute Gasteiger partial charge is 0.0896 e. The minimum absolute atomic E-state index is 0.427. The molecule has 2 heteroatoms. The second-order valence-corrected chi connectivity index (χ2v) is 9.73. The van der Waals surface area contributed by atoms with E-state index >= 15 is 0 Å². The molecule has 0 N–H and O–H groups in total. The van der Waals surface area contributed by atoms with Crippen molar-refractivity contribution in [3.05, 3.63) is 16.1 Å². The van der Waals surface area contributed by atoms with Gasteiger partial charge in [-0.05, 0) is 55.3 Å². The molecule has 1 aliphatic rings. The summed E-state index contributed by atoms with van der Waals surface area (Å²) in [5, 5.41) is 1.20. The number of aryl methyl sites for hydroxylation is 1. The van der Waals surface area contributed by atoms with E-state index < -0.39 is 0 Å². The lowest BCUT2D eigenvalue weighted by atomic mass is 9.81. The number of hydrogen-bond donors (Lipinski definition) is 0. The molecule has 0 aliphatic heterocycles. The molecule has 1 saturated carbocycles. The van der Waals surface area contributed by atoms with Crippen molar-refractivity contribution in [1.82, 2.24) is 4.98 Å². The van der Waals surface area contributed by atoms with Gasteiger partial charge in [0.25, 0.3) is 0 Å². The fraction of sp³-hybridized carbons (Fsp3) is 0.824. The van der Waals surface area contributed by atoms with Crippen LogP contribution < -0.4 is 0 Å². The lowest BCUT2D eigenvalue weighted by molar-refractivity contribution is 0.286. The van der Waals surface area contributed by atoms with Crippen LogP contribution >= 0.6 is 11.3 Å². The second kappa shape index (κ2) is 5.20. The summed E-state index contributed by atoms with van der Waals surface area (Å²) in [4.78, 5) is 5.83. The highest BCUT2D eigenvalue weighted by Gasteiger charge is 2.42. The van der Waals surface area contributed by atoms with Gasteiger partial charge in [-0.3, -0.25) is 0 Å². The van der Waals surface area contributed by atoms with Gasteiger partial charge in [0.15, 0.2) is 0 Å². The first-order chi connectivity index (χ1) is 8.65. The van der Waals surface area contributed by atoms with Crippen LogP contribution in [0.3, 0.4) is 0 Å². The Hall–Kier alpha value is -0.370.